The number of allylic oxidation sites excluding steroid dienone is 1. The minimum atomic E-state index is -1.04. The van der Waals surface area contributed by atoms with Crippen molar-refractivity contribution in [1.29, 1.82) is 0 Å². The van der Waals surface area contributed by atoms with Gasteiger partial charge in [-0.25, -0.2) is 0 Å². The molecule has 0 atom stereocenters. The van der Waals surface area contributed by atoms with Crippen LogP contribution in [0.15, 0.2) is 11.8 Å². The van der Waals surface area contributed by atoms with Gasteiger partial charge in [0, 0.05) is 0 Å². The highest BCUT2D eigenvalue weighted by molar-refractivity contribution is 6.82. The molecule has 0 aromatic carbocycles. The molecule has 1 nitrogen and oxygen atoms in total. The standard InChI is InChI=1S/C16H35NSi/c1-6-9-12-17(13-10-7-2)14-11-16-18(4,5)15-8-3/h8,15H,6-7,9-14,16H2,1-5H3. The summed E-state index contributed by atoms with van der Waals surface area (Å²) >= 11 is 0. The molecular formula is C16H35NSi. The van der Waals surface area contributed by atoms with Gasteiger partial charge in [0.05, 0.1) is 8.07 Å². The number of hydrogen-bond donors (Lipinski definition) is 0. The number of rotatable bonds is 11. The first-order chi connectivity index (χ1) is 8.55. The Morgan fingerprint density at radius 1 is 0.889 bits per heavy atom. The lowest BCUT2D eigenvalue weighted by Gasteiger charge is -2.24. The van der Waals surface area contributed by atoms with Crippen molar-refractivity contribution in [2.45, 2.75) is 72.0 Å². The molecule has 0 aliphatic heterocycles. The zero-order valence-corrected chi connectivity index (χ0v) is 14.5. The molecule has 0 bridgehead atoms. The first-order valence-corrected chi connectivity index (χ1v) is 11.2. The van der Waals surface area contributed by atoms with E-state index in [4.69, 9.17) is 0 Å². The van der Waals surface area contributed by atoms with E-state index in [0.717, 1.165) is 0 Å². The fourth-order valence-corrected chi connectivity index (χ4v) is 4.53. The van der Waals surface area contributed by atoms with Crippen LogP contribution in [0.5, 0.6) is 0 Å². The summed E-state index contributed by atoms with van der Waals surface area (Å²) in [6, 6.07) is 1.44. The summed E-state index contributed by atoms with van der Waals surface area (Å²) < 4.78 is 0. The molecule has 0 amide bonds. The zero-order chi connectivity index (χ0) is 13.9. The van der Waals surface area contributed by atoms with Gasteiger partial charge < -0.3 is 4.90 Å². The molecule has 0 N–H and O–H groups in total. The number of nitrogens with zero attached hydrogens (tertiary/aromatic N) is 1. The number of unbranched alkanes of at least 4 members (excludes halogenated alkanes) is 2. The molecule has 0 saturated carbocycles. The number of hydrogen-bond acceptors (Lipinski definition) is 1. The van der Waals surface area contributed by atoms with E-state index >= 15 is 0 Å². The first kappa shape index (κ1) is 17.9. The quantitative estimate of drug-likeness (QED) is 0.472. The fourth-order valence-electron chi connectivity index (χ4n) is 2.39. The van der Waals surface area contributed by atoms with E-state index < -0.39 is 8.07 Å². The van der Waals surface area contributed by atoms with Crippen molar-refractivity contribution >= 4 is 8.07 Å². The molecule has 0 spiro atoms. The van der Waals surface area contributed by atoms with Gasteiger partial charge in [-0.15, -0.1) is 0 Å². The average Bonchev–Trinajstić information content (AvgIpc) is 2.31. The van der Waals surface area contributed by atoms with Gasteiger partial charge in [-0.2, -0.15) is 0 Å². The topological polar surface area (TPSA) is 3.24 Å². The minimum absolute atomic E-state index is 1.04. The van der Waals surface area contributed by atoms with Crippen LogP contribution >= 0.6 is 0 Å². The third-order valence-electron chi connectivity index (χ3n) is 3.57. The lowest BCUT2D eigenvalue weighted by atomic mass is 10.2. The maximum absolute atomic E-state index is 2.69. The predicted molar refractivity (Wildman–Crippen MR) is 88.0 cm³/mol. The van der Waals surface area contributed by atoms with E-state index in [-0.39, 0.29) is 0 Å². The van der Waals surface area contributed by atoms with Crippen molar-refractivity contribution in [3.05, 3.63) is 11.8 Å². The molecule has 0 rings (SSSR count). The van der Waals surface area contributed by atoms with E-state index in [1.807, 2.05) is 0 Å². The highest BCUT2D eigenvalue weighted by Gasteiger charge is 2.16. The summed E-state index contributed by atoms with van der Waals surface area (Å²) in [5.41, 5.74) is 2.48. The molecule has 0 saturated heterocycles. The van der Waals surface area contributed by atoms with Crippen molar-refractivity contribution < 1.29 is 0 Å². The summed E-state index contributed by atoms with van der Waals surface area (Å²) in [6.45, 7) is 15.6. The molecule has 0 unspecified atom stereocenters. The second-order valence-corrected chi connectivity index (χ2v) is 11.0. The van der Waals surface area contributed by atoms with Crippen LogP contribution in [0.4, 0.5) is 0 Å². The van der Waals surface area contributed by atoms with Gasteiger partial charge in [0.1, 0.15) is 0 Å². The Morgan fingerprint density at radius 3 is 1.83 bits per heavy atom. The second kappa shape index (κ2) is 10.8. The maximum Gasteiger partial charge on any atom is 0.0713 e. The molecule has 18 heavy (non-hydrogen) atoms. The third-order valence-corrected chi connectivity index (χ3v) is 6.45. The molecule has 0 aliphatic carbocycles. The van der Waals surface area contributed by atoms with E-state index in [0.29, 0.717) is 0 Å². The van der Waals surface area contributed by atoms with E-state index in [9.17, 15) is 0 Å². The molecule has 0 fully saturated rings. The lowest BCUT2D eigenvalue weighted by molar-refractivity contribution is 0.265. The summed E-state index contributed by atoms with van der Waals surface area (Å²) in [7, 11) is -1.04. The van der Waals surface area contributed by atoms with Gasteiger partial charge in [0.25, 0.3) is 0 Å². The van der Waals surface area contributed by atoms with Crippen molar-refractivity contribution in [2.75, 3.05) is 19.6 Å². The Bertz CT molecular complexity index is 203. The van der Waals surface area contributed by atoms with Crippen LogP contribution in [-0.2, 0) is 0 Å². The molecule has 0 radical (unpaired) electrons. The second-order valence-electron chi connectivity index (χ2n) is 6.14. The Kier molecular flexibility index (Phi) is 10.8. The van der Waals surface area contributed by atoms with Crippen LogP contribution in [0.25, 0.3) is 0 Å². The fraction of sp³-hybridized carbons (Fsp3) is 0.875. The molecule has 0 heterocycles. The van der Waals surface area contributed by atoms with Gasteiger partial charge in [0.15, 0.2) is 0 Å². The average molecular weight is 270 g/mol. The Labute approximate surface area is 117 Å². The Balaban J connectivity index is 3.93. The van der Waals surface area contributed by atoms with E-state index in [2.05, 4.69) is 50.5 Å². The Hall–Kier alpha value is -0.0831. The van der Waals surface area contributed by atoms with Crippen LogP contribution in [0, 0.1) is 0 Å². The summed E-state index contributed by atoms with van der Waals surface area (Å²) in [4.78, 5) is 2.69. The first-order valence-electron chi connectivity index (χ1n) is 7.92. The summed E-state index contributed by atoms with van der Waals surface area (Å²) in [5.74, 6) is 0. The van der Waals surface area contributed by atoms with Gasteiger partial charge in [-0.3, -0.25) is 0 Å². The maximum atomic E-state index is 2.69. The predicted octanol–water partition coefficient (Wildman–Crippen LogP) is 5.10. The summed E-state index contributed by atoms with van der Waals surface area (Å²) in [6.07, 6.45) is 9.00. The lowest BCUT2D eigenvalue weighted by Crippen LogP contribution is -2.30. The van der Waals surface area contributed by atoms with Gasteiger partial charge >= 0.3 is 0 Å². The van der Waals surface area contributed by atoms with Crippen LogP contribution in [0.1, 0.15) is 52.9 Å². The zero-order valence-electron chi connectivity index (χ0n) is 13.5. The molecule has 0 aromatic rings. The smallest absolute Gasteiger partial charge is 0.0713 e. The Morgan fingerprint density at radius 2 is 1.39 bits per heavy atom. The molecule has 0 aromatic heterocycles. The van der Waals surface area contributed by atoms with Crippen LogP contribution in [0.3, 0.4) is 0 Å². The van der Waals surface area contributed by atoms with Gasteiger partial charge in [0.2, 0.25) is 0 Å². The molecular weight excluding hydrogens is 234 g/mol. The highest BCUT2D eigenvalue weighted by atomic mass is 28.3. The van der Waals surface area contributed by atoms with Crippen molar-refractivity contribution in [3.8, 4) is 0 Å². The van der Waals surface area contributed by atoms with Crippen molar-refractivity contribution in [3.63, 3.8) is 0 Å². The van der Waals surface area contributed by atoms with Crippen molar-refractivity contribution in [2.24, 2.45) is 0 Å². The molecule has 0 aliphatic rings. The molecule has 2 heteroatoms. The molecule has 108 valence electrons. The van der Waals surface area contributed by atoms with Crippen LogP contribution in [0.2, 0.25) is 19.1 Å². The normalized spacial score (nSPS) is 12.8. The largest absolute Gasteiger partial charge is 0.303 e. The minimum Gasteiger partial charge on any atom is -0.303 e. The van der Waals surface area contributed by atoms with Gasteiger partial charge in [-0.1, -0.05) is 57.6 Å². The monoisotopic (exact) mass is 269 g/mol. The van der Waals surface area contributed by atoms with E-state index in [1.54, 1.807) is 0 Å². The van der Waals surface area contributed by atoms with E-state index in [1.165, 1.54) is 57.8 Å². The van der Waals surface area contributed by atoms with Crippen LogP contribution in [-0.4, -0.2) is 32.6 Å². The summed E-state index contributed by atoms with van der Waals surface area (Å²) in [5, 5.41) is 0. The van der Waals surface area contributed by atoms with Crippen molar-refractivity contribution in [1.82, 2.24) is 4.90 Å². The van der Waals surface area contributed by atoms with Crippen LogP contribution < -0.4 is 0 Å². The third kappa shape index (κ3) is 9.90. The SMILES string of the molecule is CC=C[Si](C)(C)CCCN(CCCC)CCCC. The highest BCUT2D eigenvalue weighted by Crippen LogP contribution is 2.14. The van der Waals surface area contributed by atoms with Gasteiger partial charge in [-0.05, 0) is 45.8 Å².